The molecule has 0 aliphatic carbocycles. The summed E-state index contributed by atoms with van der Waals surface area (Å²) in [5.41, 5.74) is 4.95. The maximum Gasteiger partial charge on any atom is 0.241 e. The van der Waals surface area contributed by atoms with Crippen LogP contribution in [0.15, 0.2) is 134 Å². The second kappa shape index (κ2) is 9.92. The molecule has 0 saturated heterocycles. The van der Waals surface area contributed by atoms with Gasteiger partial charge in [0.15, 0.2) is 11.6 Å². The summed E-state index contributed by atoms with van der Waals surface area (Å²) in [6, 6.07) is 36.9. The second-order valence-electron chi connectivity index (χ2n) is 11.5. The summed E-state index contributed by atoms with van der Waals surface area (Å²) in [5.74, 6) is 1.49. The lowest BCUT2D eigenvalue weighted by Crippen LogP contribution is -2.08. The van der Waals surface area contributed by atoms with Crippen molar-refractivity contribution in [1.29, 1.82) is 0 Å². The normalized spacial score (nSPS) is 11.8. The third-order valence-electron chi connectivity index (χ3n) is 8.82. The van der Waals surface area contributed by atoms with Crippen LogP contribution in [-0.2, 0) is 0 Å². The van der Waals surface area contributed by atoms with E-state index in [0.29, 0.717) is 17.6 Å². The summed E-state index contributed by atoms with van der Waals surface area (Å²) < 4.78 is 1.93. The van der Waals surface area contributed by atoms with Gasteiger partial charge in [-0.15, -0.1) is 0 Å². The first kappa shape index (κ1) is 25.6. The number of nitrogens with zero attached hydrogens (tertiary/aromatic N) is 8. The van der Waals surface area contributed by atoms with E-state index < -0.39 is 0 Å². The van der Waals surface area contributed by atoms with Gasteiger partial charge in [0.1, 0.15) is 11.3 Å². The molecule has 0 aliphatic rings. The maximum absolute atomic E-state index is 5.23. The Morgan fingerprint density at radius 1 is 0.383 bits per heavy atom. The van der Waals surface area contributed by atoms with Gasteiger partial charge in [-0.05, 0) is 47.2 Å². The Kier molecular flexibility index (Phi) is 5.41. The van der Waals surface area contributed by atoms with Gasteiger partial charge in [0.2, 0.25) is 5.95 Å². The van der Waals surface area contributed by atoms with Gasteiger partial charge in [-0.25, -0.2) is 19.5 Å². The molecule has 10 rings (SSSR count). The first-order chi connectivity index (χ1) is 23.3. The van der Waals surface area contributed by atoms with E-state index in [9.17, 15) is 0 Å². The lowest BCUT2D eigenvalue weighted by atomic mass is 9.99. The van der Waals surface area contributed by atoms with E-state index >= 15 is 0 Å². The largest absolute Gasteiger partial charge is 0.256 e. The predicted octanol–water partition coefficient (Wildman–Crippen LogP) is 8.50. The monoisotopic (exact) mass is 602 g/mol. The molecule has 0 amide bonds. The van der Waals surface area contributed by atoms with Crippen LogP contribution in [0.2, 0.25) is 0 Å². The van der Waals surface area contributed by atoms with Crippen LogP contribution in [-0.4, -0.2) is 39.5 Å². The summed E-state index contributed by atoms with van der Waals surface area (Å²) in [4.78, 5) is 34.8. The van der Waals surface area contributed by atoms with E-state index in [0.717, 1.165) is 76.5 Å². The minimum atomic E-state index is 0.429. The summed E-state index contributed by atoms with van der Waals surface area (Å²) in [6.07, 6.45) is 7.22. The van der Waals surface area contributed by atoms with Crippen molar-refractivity contribution in [3.8, 4) is 28.7 Å². The zero-order valence-corrected chi connectivity index (χ0v) is 24.8. The zero-order valence-electron chi connectivity index (χ0n) is 24.8. The van der Waals surface area contributed by atoms with Crippen LogP contribution in [0.25, 0.3) is 94.1 Å². The van der Waals surface area contributed by atoms with Crippen molar-refractivity contribution in [1.82, 2.24) is 39.5 Å². The molecule has 0 bridgehead atoms. The quantitative estimate of drug-likeness (QED) is 0.187. The van der Waals surface area contributed by atoms with Gasteiger partial charge in [0.05, 0.1) is 11.0 Å². The second-order valence-corrected chi connectivity index (χ2v) is 11.5. The van der Waals surface area contributed by atoms with Crippen molar-refractivity contribution in [2.24, 2.45) is 0 Å². The number of pyridine rings is 4. The molecular weight excluding hydrogens is 580 g/mol. The first-order valence-electron chi connectivity index (χ1n) is 15.3. The Bertz CT molecular complexity index is 2690. The van der Waals surface area contributed by atoms with E-state index in [-0.39, 0.29) is 0 Å². The Morgan fingerprint density at radius 2 is 0.830 bits per heavy atom. The Morgan fingerprint density at radius 3 is 1.36 bits per heavy atom. The molecule has 0 unspecified atom stereocenters. The third-order valence-corrected chi connectivity index (χ3v) is 8.82. The molecule has 47 heavy (non-hydrogen) atoms. The van der Waals surface area contributed by atoms with Gasteiger partial charge in [0, 0.05) is 68.2 Å². The van der Waals surface area contributed by atoms with Gasteiger partial charge in [-0.1, -0.05) is 72.8 Å². The van der Waals surface area contributed by atoms with Crippen molar-refractivity contribution in [3.63, 3.8) is 0 Å². The number of aromatic nitrogens is 8. The Balaban J connectivity index is 1.36. The number of rotatable bonds is 3. The van der Waals surface area contributed by atoms with E-state index in [4.69, 9.17) is 34.9 Å². The van der Waals surface area contributed by atoms with Crippen LogP contribution in [0.5, 0.6) is 0 Å². The molecule has 0 atom stereocenters. The molecule has 0 saturated carbocycles. The van der Waals surface area contributed by atoms with Crippen LogP contribution >= 0.6 is 0 Å². The summed E-state index contributed by atoms with van der Waals surface area (Å²) in [6.45, 7) is 0. The number of hydrogen-bond donors (Lipinski definition) is 0. The highest BCUT2D eigenvalue weighted by molar-refractivity contribution is 6.13. The standard InChI is InChI=1S/C39H22N8/c1-7-23-15-17-25-9-3-19-40-33(25)31(23)29(11-1)35-44-36(30-12-2-8-24-16-18-26-10-4-20-41-34(26)32(24)30)46-39(45-35)47-37-27(13-5-21-42-37)28-14-6-22-43-38(28)47/h1-22H. The van der Waals surface area contributed by atoms with Crippen molar-refractivity contribution in [2.45, 2.75) is 0 Å². The molecule has 0 spiro atoms. The van der Waals surface area contributed by atoms with Crippen molar-refractivity contribution in [3.05, 3.63) is 134 Å². The lowest BCUT2D eigenvalue weighted by Gasteiger charge is -2.14. The fraction of sp³-hybridized carbons (Fsp3) is 0. The molecule has 218 valence electrons. The lowest BCUT2D eigenvalue weighted by molar-refractivity contribution is 0.936. The molecule has 4 aromatic carbocycles. The van der Waals surface area contributed by atoms with E-state index in [1.54, 1.807) is 12.4 Å². The van der Waals surface area contributed by atoms with Gasteiger partial charge >= 0.3 is 0 Å². The fourth-order valence-corrected chi connectivity index (χ4v) is 6.77. The van der Waals surface area contributed by atoms with E-state index in [1.807, 2.05) is 53.4 Å². The van der Waals surface area contributed by atoms with Crippen molar-refractivity contribution in [2.75, 3.05) is 0 Å². The summed E-state index contributed by atoms with van der Waals surface area (Å²) >= 11 is 0. The highest BCUT2D eigenvalue weighted by Gasteiger charge is 2.21. The third kappa shape index (κ3) is 3.85. The average molecular weight is 603 g/mol. The highest BCUT2D eigenvalue weighted by Crippen LogP contribution is 2.37. The minimum Gasteiger partial charge on any atom is -0.256 e. The highest BCUT2D eigenvalue weighted by atomic mass is 15.2. The van der Waals surface area contributed by atoms with Crippen LogP contribution in [0, 0.1) is 0 Å². The smallest absolute Gasteiger partial charge is 0.241 e. The van der Waals surface area contributed by atoms with Crippen LogP contribution in [0.3, 0.4) is 0 Å². The average Bonchev–Trinajstić information content (AvgIpc) is 3.48. The van der Waals surface area contributed by atoms with E-state index in [2.05, 4.69) is 72.8 Å². The van der Waals surface area contributed by atoms with Crippen molar-refractivity contribution >= 4 is 65.4 Å². The number of benzene rings is 4. The topological polar surface area (TPSA) is 95.2 Å². The molecule has 6 heterocycles. The molecule has 6 aromatic heterocycles. The van der Waals surface area contributed by atoms with Crippen molar-refractivity contribution < 1.29 is 0 Å². The molecule has 0 radical (unpaired) electrons. The summed E-state index contributed by atoms with van der Waals surface area (Å²) in [7, 11) is 0. The van der Waals surface area contributed by atoms with Crippen LogP contribution in [0.4, 0.5) is 0 Å². The van der Waals surface area contributed by atoms with Gasteiger partial charge in [-0.2, -0.15) is 9.97 Å². The first-order valence-corrected chi connectivity index (χ1v) is 15.3. The Hall–Kier alpha value is -6.67. The predicted molar refractivity (Wildman–Crippen MR) is 186 cm³/mol. The molecule has 0 N–H and O–H groups in total. The SMILES string of the molecule is c1cnc2c(c1)ccc1cccc(-c3nc(-c4cccc5ccc6cccnc6c45)nc(-n4c5ncccc5c5cccnc54)n3)c12. The van der Waals surface area contributed by atoms with Crippen LogP contribution in [0.1, 0.15) is 0 Å². The maximum atomic E-state index is 5.23. The van der Waals surface area contributed by atoms with Crippen LogP contribution < -0.4 is 0 Å². The molecule has 10 aromatic rings. The van der Waals surface area contributed by atoms with Gasteiger partial charge in [-0.3, -0.25) is 9.97 Å². The fourth-order valence-electron chi connectivity index (χ4n) is 6.77. The summed E-state index contributed by atoms with van der Waals surface area (Å²) in [5, 5.41) is 8.11. The number of hydrogen-bond acceptors (Lipinski definition) is 7. The number of fused-ring (bicyclic) bond motifs is 9. The molecular formula is C39H22N8. The minimum absolute atomic E-state index is 0.429. The molecule has 8 heteroatoms. The Labute approximate surface area is 267 Å². The van der Waals surface area contributed by atoms with E-state index in [1.165, 1.54) is 0 Å². The molecule has 0 aliphatic heterocycles. The van der Waals surface area contributed by atoms with Gasteiger partial charge in [0.25, 0.3) is 0 Å². The molecule has 8 nitrogen and oxygen atoms in total. The molecule has 0 fully saturated rings. The zero-order chi connectivity index (χ0) is 30.9. The van der Waals surface area contributed by atoms with Gasteiger partial charge < -0.3 is 0 Å².